The van der Waals surface area contributed by atoms with Crippen molar-refractivity contribution < 1.29 is 0 Å². The van der Waals surface area contributed by atoms with Crippen molar-refractivity contribution >= 4 is 11.6 Å². The Hall–Kier alpha value is -0.500. The molecule has 1 aromatic heterocycles. The van der Waals surface area contributed by atoms with Crippen LogP contribution in [0, 0.1) is 0 Å². The van der Waals surface area contributed by atoms with E-state index in [4.69, 9.17) is 11.6 Å². The molecule has 0 spiro atoms. The molecule has 62 valence electrons. The maximum Gasteiger partial charge on any atom is 0.0522 e. The van der Waals surface area contributed by atoms with E-state index in [9.17, 15) is 0 Å². The van der Waals surface area contributed by atoms with E-state index in [1.165, 1.54) is 5.56 Å². The highest BCUT2D eigenvalue weighted by atomic mass is 35.5. The van der Waals surface area contributed by atoms with E-state index in [0.717, 1.165) is 6.42 Å². The molecule has 3 heteroatoms. The third kappa shape index (κ3) is 2.22. The first kappa shape index (κ1) is 8.60. The minimum atomic E-state index is 0.444. The van der Waals surface area contributed by atoms with Crippen molar-refractivity contribution in [2.45, 2.75) is 26.3 Å². The first-order valence-electron chi connectivity index (χ1n) is 3.83. The predicted molar refractivity (Wildman–Crippen MR) is 47.0 cm³/mol. The van der Waals surface area contributed by atoms with Crippen LogP contribution in [0.3, 0.4) is 0 Å². The number of hydrogen-bond donors (Lipinski definition) is 0. The molecule has 0 saturated carbocycles. The Morgan fingerprint density at radius 2 is 2.36 bits per heavy atom. The van der Waals surface area contributed by atoms with Gasteiger partial charge in [-0.25, -0.2) is 0 Å². The van der Waals surface area contributed by atoms with Crippen molar-refractivity contribution in [3.05, 3.63) is 18.0 Å². The van der Waals surface area contributed by atoms with Crippen LogP contribution in [0.1, 0.15) is 25.5 Å². The molecule has 1 aromatic rings. The monoisotopic (exact) mass is 172 g/mol. The average Bonchev–Trinajstić information content (AvgIpc) is 2.37. The molecule has 1 rings (SSSR count). The van der Waals surface area contributed by atoms with Crippen molar-refractivity contribution in [1.82, 2.24) is 9.78 Å². The van der Waals surface area contributed by atoms with Crippen LogP contribution >= 0.6 is 11.6 Å². The fourth-order valence-electron chi connectivity index (χ4n) is 0.898. The molecule has 0 aliphatic rings. The average molecular weight is 173 g/mol. The highest BCUT2D eigenvalue weighted by molar-refractivity contribution is 6.17. The molecule has 0 aliphatic heterocycles. The molecular formula is C8H13ClN2. The van der Waals surface area contributed by atoms with Crippen LogP contribution in [0.2, 0.25) is 0 Å². The number of hydrogen-bond acceptors (Lipinski definition) is 1. The Bertz CT molecular complexity index is 218. The van der Waals surface area contributed by atoms with E-state index in [-0.39, 0.29) is 0 Å². The lowest BCUT2D eigenvalue weighted by atomic mass is 10.3. The zero-order chi connectivity index (χ0) is 8.27. The maximum atomic E-state index is 5.59. The van der Waals surface area contributed by atoms with Crippen LogP contribution < -0.4 is 0 Å². The van der Waals surface area contributed by atoms with Crippen LogP contribution in [0.4, 0.5) is 0 Å². The van der Waals surface area contributed by atoms with Gasteiger partial charge in [-0.2, -0.15) is 5.10 Å². The van der Waals surface area contributed by atoms with Gasteiger partial charge in [0.15, 0.2) is 0 Å². The zero-order valence-corrected chi connectivity index (χ0v) is 7.67. The van der Waals surface area contributed by atoms with Crippen LogP contribution in [0.15, 0.2) is 12.4 Å². The van der Waals surface area contributed by atoms with E-state index in [2.05, 4.69) is 18.9 Å². The molecule has 0 amide bonds. The van der Waals surface area contributed by atoms with Gasteiger partial charge in [0.25, 0.3) is 0 Å². The molecule has 2 nitrogen and oxygen atoms in total. The topological polar surface area (TPSA) is 17.8 Å². The van der Waals surface area contributed by atoms with Gasteiger partial charge < -0.3 is 0 Å². The minimum absolute atomic E-state index is 0.444. The molecule has 11 heavy (non-hydrogen) atoms. The standard InChI is InChI=1S/C8H13ClN2/c1-7(2)11-6-8(3-4-9)5-10-11/h5-7H,3-4H2,1-2H3. The summed E-state index contributed by atoms with van der Waals surface area (Å²) < 4.78 is 1.95. The molecular weight excluding hydrogens is 160 g/mol. The molecule has 0 fully saturated rings. The van der Waals surface area contributed by atoms with Gasteiger partial charge in [0.2, 0.25) is 0 Å². The zero-order valence-electron chi connectivity index (χ0n) is 6.92. The van der Waals surface area contributed by atoms with Crippen LogP contribution in [-0.2, 0) is 6.42 Å². The second-order valence-electron chi connectivity index (χ2n) is 2.86. The van der Waals surface area contributed by atoms with Crippen molar-refractivity contribution in [1.29, 1.82) is 0 Å². The number of alkyl halides is 1. The van der Waals surface area contributed by atoms with Gasteiger partial charge in [0, 0.05) is 18.1 Å². The van der Waals surface area contributed by atoms with Gasteiger partial charge in [-0.05, 0) is 25.8 Å². The fourth-order valence-corrected chi connectivity index (χ4v) is 1.12. The third-order valence-corrected chi connectivity index (χ3v) is 1.76. The molecule has 0 aromatic carbocycles. The lowest BCUT2D eigenvalue weighted by Crippen LogP contribution is -1.99. The minimum Gasteiger partial charge on any atom is -0.270 e. The molecule has 0 saturated heterocycles. The van der Waals surface area contributed by atoms with Crippen molar-refractivity contribution in [3.63, 3.8) is 0 Å². The summed E-state index contributed by atoms with van der Waals surface area (Å²) in [7, 11) is 0. The Morgan fingerprint density at radius 1 is 1.64 bits per heavy atom. The summed E-state index contributed by atoms with van der Waals surface area (Å²) in [5.41, 5.74) is 1.22. The number of rotatable bonds is 3. The summed E-state index contributed by atoms with van der Waals surface area (Å²) in [5.74, 6) is 0.670. The molecule has 0 unspecified atom stereocenters. The van der Waals surface area contributed by atoms with Crippen molar-refractivity contribution in [2.75, 3.05) is 5.88 Å². The van der Waals surface area contributed by atoms with Gasteiger partial charge >= 0.3 is 0 Å². The maximum absolute atomic E-state index is 5.59. The van der Waals surface area contributed by atoms with Crippen molar-refractivity contribution in [3.8, 4) is 0 Å². The van der Waals surface area contributed by atoms with E-state index < -0.39 is 0 Å². The summed E-state index contributed by atoms with van der Waals surface area (Å²) in [5, 5.41) is 4.19. The lowest BCUT2D eigenvalue weighted by Gasteiger charge is -2.02. The van der Waals surface area contributed by atoms with Crippen LogP contribution in [0.25, 0.3) is 0 Å². The fraction of sp³-hybridized carbons (Fsp3) is 0.625. The number of halogens is 1. The summed E-state index contributed by atoms with van der Waals surface area (Å²) in [6, 6.07) is 0.444. The predicted octanol–water partition coefficient (Wildman–Crippen LogP) is 2.25. The van der Waals surface area contributed by atoms with E-state index in [1.54, 1.807) is 0 Å². The first-order chi connectivity index (χ1) is 5.24. The smallest absolute Gasteiger partial charge is 0.0522 e. The van der Waals surface area contributed by atoms with E-state index >= 15 is 0 Å². The Morgan fingerprint density at radius 3 is 2.82 bits per heavy atom. The van der Waals surface area contributed by atoms with Gasteiger partial charge in [-0.15, -0.1) is 11.6 Å². The largest absolute Gasteiger partial charge is 0.270 e. The molecule has 0 N–H and O–H groups in total. The summed E-state index contributed by atoms with van der Waals surface area (Å²) in [6.07, 6.45) is 4.84. The van der Waals surface area contributed by atoms with Crippen LogP contribution in [-0.4, -0.2) is 15.7 Å². The Labute approximate surface area is 72.2 Å². The van der Waals surface area contributed by atoms with E-state index in [0.29, 0.717) is 11.9 Å². The highest BCUT2D eigenvalue weighted by Gasteiger charge is 1.99. The molecule has 0 aliphatic carbocycles. The second-order valence-corrected chi connectivity index (χ2v) is 3.24. The van der Waals surface area contributed by atoms with Crippen molar-refractivity contribution in [2.24, 2.45) is 0 Å². The van der Waals surface area contributed by atoms with Gasteiger partial charge in [0.1, 0.15) is 0 Å². The summed E-state index contributed by atoms with van der Waals surface area (Å²) >= 11 is 5.59. The summed E-state index contributed by atoms with van der Waals surface area (Å²) in [4.78, 5) is 0. The molecule has 1 heterocycles. The Balaban J connectivity index is 2.66. The SMILES string of the molecule is CC(C)n1cc(CCCl)cn1. The normalized spacial score (nSPS) is 10.9. The molecule has 0 atom stereocenters. The quantitative estimate of drug-likeness (QED) is 0.640. The third-order valence-electron chi connectivity index (χ3n) is 1.57. The first-order valence-corrected chi connectivity index (χ1v) is 4.36. The van der Waals surface area contributed by atoms with Crippen LogP contribution in [0.5, 0.6) is 0 Å². The van der Waals surface area contributed by atoms with Gasteiger partial charge in [-0.1, -0.05) is 0 Å². The summed E-state index contributed by atoms with van der Waals surface area (Å²) in [6.45, 7) is 4.22. The molecule has 0 bridgehead atoms. The lowest BCUT2D eigenvalue weighted by molar-refractivity contribution is 0.532. The highest BCUT2D eigenvalue weighted by Crippen LogP contribution is 2.05. The Kier molecular flexibility index (Phi) is 2.94. The van der Waals surface area contributed by atoms with Gasteiger partial charge in [0.05, 0.1) is 6.20 Å². The number of aryl methyl sites for hydroxylation is 1. The second kappa shape index (κ2) is 3.77. The number of nitrogens with zero attached hydrogens (tertiary/aromatic N) is 2. The molecule has 0 radical (unpaired) electrons. The van der Waals surface area contributed by atoms with E-state index in [1.807, 2.05) is 17.1 Å². The number of aromatic nitrogens is 2. The van der Waals surface area contributed by atoms with Gasteiger partial charge in [-0.3, -0.25) is 4.68 Å².